The number of pyridine rings is 1. The van der Waals surface area contributed by atoms with Crippen LogP contribution >= 0.6 is 0 Å². The Morgan fingerprint density at radius 1 is 0.833 bits per heavy atom. The van der Waals surface area contributed by atoms with Crippen LogP contribution in [0.1, 0.15) is 11.3 Å². The molecule has 0 unspecified atom stereocenters. The molecule has 2 heterocycles. The maximum atomic E-state index is 13.3. The van der Waals surface area contributed by atoms with Gasteiger partial charge in [0.05, 0.1) is 22.5 Å². The van der Waals surface area contributed by atoms with Gasteiger partial charge in [-0.3, -0.25) is 4.98 Å². The van der Waals surface area contributed by atoms with E-state index in [1.807, 2.05) is 37.3 Å². The molecule has 0 aliphatic carbocycles. The molecule has 0 aliphatic heterocycles. The minimum Gasteiger partial charge on any atom is -0.393 e. The van der Waals surface area contributed by atoms with Gasteiger partial charge in [0.2, 0.25) is 0 Å². The van der Waals surface area contributed by atoms with Gasteiger partial charge in [-0.1, -0.05) is 30.3 Å². The predicted octanol–water partition coefficient (Wildman–Crippen LogP) is 5.42. The van der Waals surface area contributed by atoms with Crippen molar-refractivity contribution in [3.05, 3.63) is 72.2 Å². The summed E-state index contributed by atoms with van der Waals surface area (Å²) < 4.78 is 39.8. The highest BCUT2D eigenvalue weighted by Crippen LogP contribution is 2.37. The minimum absolute atomic E-state index is 0.0635. The summed E-state index contributed by atoms with van der Waals surface area (Å²) >= 11 is 0. The number of nitrogens with zero attached hydrogens (tertiary/aromatic N) is 3. The summed E-state index contributed by atoms with van der Waals surface area (Å²) in [5, 5.41) is 6.71. The number of hydrogen-bond acceptors (Lipinski definition) is 6. The van der Waals surface area contributed by atoms with Gasteiger partial charge in [-0.25, -0.2) is 9.97 Å². The van der Waals surface area contributed by atoms with E-state index >= 15 is 0 Å². The summed E-state index contributed by atoms with van der Waals surface area (Å²) in [4.78, 5) is 12.7. The lowest BCUT2D eigenvalue weighted by Crippen LogP contribution is -2.10. The zero-order valence-corrected chi connectivity index (χ0v) is 15.8. The monoisotopic (exact) mass is 410 g/mol. The molecule has 0 saturated carbocycles. The van der Waals surface area contributed by atoms with E-state index in [2.05, 4.69) is 25.6 Å². The lowest BCUT2D eigenvalue weighted by molar-refractivity contribution is -0.136. The van der Waals surface area contributed by atoms with E-state index in [-0.39, 0.29) is 23.0 Å². The van der Waals surface area contributed by atoms with Crippen LogP contribution < -0.4 is 16.4 Å². The van der Waals surface area contributed by atoms with E-state index in [1.54, 1.807) is 0 Å². The zero-order valence-electron chi connectivity index (χ0n) is 15.8. The van der Waals surface area contributed by atoms with Crippen LogP contribution in [0.15, 0.2) is 60.9 Å². The molecule has 0 spiro atoms. The molecular formula is C21H17F3N6. The van der Waals surface area contributed by atoms with Crippen LogP contribution in [0, 0.1) is 6.92 Å². The third-order valence-corrected chi connectivity index (χ3v) is 4.48. The van der Waals surface area contributed by atoms with Crippen molar-refractivity contribution >= 4 is 39.6 Å². The van der Waals surface area contributed by atoms with Crippen LogP contribution in [-0.4, -0.2) is 15.0 Å². The molecule has 4 N–H and O–H groups in total. The Morgan fingerprint density at radius 3 is 2.23 bits per heavy atom. The molecule has 4 aromatic rings. The average Bonchev–Trinajstić information content (AvgIpc) is 2.71. The van der Waals surface area contributed by atoms with E-state index in [9.17, 15) is 13.2 Å². The maximum absolute atomic E-state index is 13.3. The first kappa shape index (κ1) is 19.4. The average molecular weight is 410 g/mol. The fourth-order valence-corrected chi connectivity index (χ4v) is 3.03. The van der Waals surface area contributed by atoms with E-state index < -0.39 is 11.7 Å². The maximum Gasteiger partial charge on any atom is 0.418 e. The Hall–Kier alpha value is -3.88. The van der Waals surface area contributed by atoms with Crippen LogP contribution in [0.2, 0.25) is 0 Å². The molecule has 2 aromatic heterocycles. The Balaban J connectivity index is 1.70. The standard InChI is InChI=1S/C21H17F3N6/c1-12-9-10-13-5-4-8-16(18(13)28-12)30-20-17(25)19(26-11-27-20)29-15-7-3-2-6-14(15)21(22,23)24/h2-11H,25H2,1H3,(H2,26,27,29,30). The van der Waals surface area contributed by atoms with Crippen molar-refractivity contribution < 1.29 is 13.2 Å². The van der Waals surface area contributed by atoms with Gasteiger partial charge < -0.3 is 16.4 Å². The number of nitrogens with two attached hydrogens (primary N) is 1. The largest absolute Gasteiger partial charge is 0.418 e. The minimum atomic E-state index is -4.51. The summed E-state index contributed by atoms with van der Waals surface area (Å²) in [5.74, 6) is 0.321. The molecule has 0 amide bonds. The lowest BCUT2D eigenvalue weighted by atomic mass is 10.1. The number of nitrogen functional groups attached to an aromatic ring is 1. The van der Waals surface area contributed by atoms with Gasteiger partial charge in [-0.15, -0.1) is 0 Å². The van der Waals surface area contributed by atoms with Crippen molar-refractivity contribution in [2.75, 3.05) is 16.4 Å². The van der Waals surface area contributed by atoms with Crippen LogP contribution in [0.3, 0.4) is 0 Å². The fourth-order valence-electron chi connectivity index (χ4n) is 3.03. The number of benzene rings is 2. The number of aromatic nitrogens is 3. The molecule has 0 bridgehead atoms. The SMILES string of the molecule is Cc1ccc2cccc(Nc3ncnc(Nc4ccccc4C(F)(F)F)c3N)c2n1. The molecule has 0 aliphatic rings. The van der Waals surface area contributed by atoms with Crippen molar-refractivity contribution in [2.24, 2.45) is 0 Å². The van der Waals surface area contributed by atoms with Gasteiger partial charge >= 0.3 is 6.18 Å². The second kappa shape index (κ2) is 7.51. The molecule has 30 heavy (non-hydrogen) atoms. The Bertz CT molecular complexity index is 1220. The summed E-state index contributed by atoms with van der Waals surface area (Å²) in [6, 6.07) is 14.6. The first-order valence-corrected chi connectivity index (χ1v) is 9.00. The summed E-state index contributed by atoms with van der Waals surface area (Å²) in [6.07, 6.45) is -3.29. The molecule has 0 saturated heterocycles. The molecule has 4 rings (SSSR count). The highest BCUT2D eigenvalue weighted by Gasteiger charge is 2.33. The van der Waals surface area contributed by atoms with Crippen LogP contribution in [0.4, 0.5) is 41.9 Å². The molecule has 0 atom stereocenters. The van der Waals surface area contributed by atoms with Gasteiger partial charge in [0.1, 0.15) is 12.0 Å². The molecule has 2 aromatic carbocycles. The fraction of sp³-hybridized carbons (Fsp3) is 0.0952. The van der Waals surface area contributed by atoms with Gasteiger partial charge in [-0.2, -0.15) is 13.2 Å². The smallest absolute Gasteiger partial charge is 0.393 e. The van der Waals surface area contributed by atoms with Crippen molar-refractivity contribution in [2.45, 2.75) is 13.1 Å². The third kappa shape index (κ3) is 3.82. The van der Waals surface area contributed by atoms with E-state index in [1.165, 1.54) is 24.5 Å². The van der Waals surface area contributed by atoms with E-state index in [4.69, 9.17) is 5.73 Å². The summed E-state index contributed by atoms with van der Waals surface area (Å²) in [7, 11) is 0. The van der Waals surface area contributed by atoms with Crippen LogP contribution in [-0.2, 0) is 6.18 Å². The molecule has 9 heteroatoms. The zero-order chi connectivity index (χ0) is 21.3. The number of nitrogens with one attached hydrogen (secondary N) is 2. The molecule has 0 fully saturated rings. The predicted molar refractivity (Wildman–Crippen MR) is 111 cm³/mol. The normalized spacial score (nSPS) is 11.5. The van der Waals surface area contributed by atoms with Crippen molar-refractivity contribution in [3.63, 3.8) is 0 Å². The Labute approximate surface area is 170 Å². The quantitative estimate of drug-likeness (QED) is 0.416. The second-order valence-electron chi connectivity index (χ2n) is 6.61. The highest BCUT2D eigenvalue weighted by molar-refractivity contribution is 5.93. The number of halogens is 3. The molecule has 0 radical (unpaired) electrons. The number of alkyl halides is 3. The van der Waals surface area contributed by atoms with Crippen LogP contribution in [0.5, 0.6) is 0 Å². The Kier molecular flexibility index (Phi) is 4.86. The third-order valence-electron chi connectivity index (χ3n) is 4.48. The highest BCUT2D eigenvalue weighted by atomic mass is 19.4. The number of para-hydroxylation sites is 2. The van der Waals surface area contributed by atoms with Crippen molar-refractivity contribution in [1.82, 2.24) is 15.0 Å². The van der Waals surface area contributed by atoms with E-state index in [0.29, 0.717) is 5.69 Å². The lowest BCUT2D eigenvalue weighted by Gasteiger charge is -2.16. The molecule has 152 valence electrons. The Morgan fingerprint density at radius 2 is 1.50 bits per heavy atom. The summed E-state index contributed by atoms with van der Waals surface area (Å²) in [6.45, 7) is 1.88. The van der Waals surface area contributed by atoms with Gasteiger partial charge in [0, 0.05) is 11.1 Å². The summed E-state index contributed by atoms with van der Waals surface area (Å²) in [5.41, 5.74) is 7.52. The van der Waals surface area contributed by atoms with Crippen molar-refractivity contribution in [1.29, 1.82) is 0 Å². The molecule has 6 nitrogen and oxygen atoms in total. The van der Waals surface area contributed by atoms with Gasteiger partial charge in [-0.05, 0) is 31.2 Å². The first-order chi connectivity index (χ1) is 14.3. The number of anilines is 5. The number of hydrogen-bond donors (Lipinski definition) is 3. The van der Waals surface area contributed by atoms with Crippen LogP contribution in [0.25, 0.3) is 10.9 Å². The van der Waals surface area contributed by atoms with Gasteiger partial charge in [0.25, 0.3) is 0 Å². The van der Waals surface area contributed by atoms with Crippen molar-refractivity contribution in [3.8, 4) is 0 Å². The number of aryl methyl sites for hydroxylation is 1. The topological polar surface area (TPSA) is 88.8 Å². The number of rotatable bonds is 4. The van der Waals surface area contributed by atoms with Gasteiger partial charge in [0.15, 0.2) is 11.6 Å². The van der Waals surface area contributed by atoms with E-state index in [0.717, 1.165) is 22.7 Å². The second-order valence-corrected chi connectivity index (χ2v) is 6.61. The first-order valence-electron chi connectivity index (χ1n) is 9.00. The number of fused-ring (bicyclic) bond motifs is 1. The molecular weight excluding hydrogens is 393 g/mol.